The van der Waals surface area contributed by atoms with Crippen LogP contribution < -0.4 is 0 Å². The van der Waals surface area contributed by atoms with E-state index in [1.54, 1.807) is 25.7 Å². The number of aliphatic carboxylic acids is 1. The lowest BCUT2D eigenvalue weighted by molar-refractivity contribution is -0.153. The average molecular weight is 299 g/mol. The number of rotatable bonds is 6. The molecule has 0 spiro atoms. The molecule has 1 heterocycles. The maximum Gasteiger partial charge on any atom is 0.309 e. The highest BCUT2D eigenvalue weighted by molar-refractivity contribution is 5.81. The van der Waals surface area contributed by atoms with Crippen LogP contribution in [0, 0.1) is 11.3 Å². The predicted octanol–water partition coefficient (Wildman–Crippen LogP) is 1.68. The molecule has 1 atom stereocenters. The Balaban J connectivity index is 2.54. The van der Waals surface area contributed by atoms with Crippen LogP contribution in [-0.4, -0.2) is 47.5 Å². The number of ether oxygens (including phenoxy) is 1. The van der Waals surface area contributed by atoms with Crippen molar-refractivity contribution in [1.82, 2.24) is 4.90 Å². The van der Waals surface area contributed by atoms with Crippen LogP contribution in [0.5, 0.6) is 0 Å². The lowest BCUT2D eigenvalue weighted by Gasteiger charge is -2.39. The van der Waals surface area contributed by atoms with Crippen molar-refractivity contribution >= 4 is 17.8 Å². The third kappa shape index (κ3) is 4.72. The van der Waals surface area contributed by atoms with Crippen molar-refractivity contribution in [2.75, 3.05) is 19.7 Å². The maximum absolute atomic E-state index is 12.1. The second-order valence-corrected chi connectivity index (χ2v) is 6.01. The summed E-state index contributed by atoms with van der Waals surface area (Å²) in [5.74, 6) is -1.37. The molecule has 0 saturated carbocycles. The second-order valence-electron chi connectivity index (χ2n) is 6.01. The predicted molar refractivity (Wildman–Crippen MR) is 76.6 cm³/mol. The fourth-order valence-electron chi connectivity index (χ4n) is 2.57. The third-order valence-corrected chi connectivity index (χ3v) is 4.19. The summed E-state index contributed by atoms with van der Waals surface area (Å²) in [6.07, 6.45) is 1.81. The fourth-order valence-corrected chi connectivity index (χ4v) is 2.57. The Labute approximate surface area is 125 Å². The molecule has 21 heavy (non-hydrogen) atoms. The van der Waals surface area contributed by atoms with E-state index in [0.29, 0.717) is 19.7 Å². The molecule has 1 fully saturated rings. The van der Waals surface area contributed by atoms with E-state index < -0.39 is 11.4 Å². The second kappa shape index (κ2) is 7.43. The molecule has 1 aliphatic rings. The molecule has 0 bridgehead atoms. The summed E-state index contributed by atoms with van der Waals surface area (Å²) in [6.45, 7) is 6.52. The van der Waals surface area contributed by atoms with E-state index in [1.807, 2.05) is 0 Å². The monoisotopic (exact) mass is 299 g/mol. The molecule has 0 aromatic heterocycles. The highest BCUT2D eigenvalue weighted by Gasteiger charge is 2.39. The quantitative estimate of drug-likeness (QED) is 0.754. The summed E-state index contributed by atoms with van der Waals surface area (Å²) in [5, 5.41) is 9.29. The molecule has 1 unspecified atom stereocenters. The van der Waals surface area contributed by atoms with Crippen molar-refractivity contribution in [2.45, 2.75) is 46.5 Å². The summed E-state index contributed by atoms with van der Waals surface area (Å²) >= 11 is 0. The zero-order chi connectivity index (χ0) is 16.0. The molecule has 120 valence electrons. The van der Waals surface area contributed by atoms with Gasteiger partial charge in [0.1, 0.15) is 0 Å². The zero-order valence-corrected chi connectivity index (χ0v) is 13.1. The van der Waals surface area contributed by atoms with Gasteiger partial charge in [0.25, 0.3) is 0 Å². The smallest absolute Gasteiger partial charge is 0.309 e. The SMILES string of the molecule is CCOC(=O)CCC(=O)N1CCCC(C(C)(C)C(=O)O)C1. The molecule has 1 amide bonds. The van der Waals surface area contributed by atoms with Gasteiger partial charge < -0.3 is 14.7 Å². The first-order chi connectivity index (χ1) is 9.78. The summed E-state index contributed by atoms with van der Waals surface area (Å²) in [5.41, 5.74) is -0.847. The van der Waals surface area contributed by atoms with Crippen LogP contribution in [0.2, 0.25) is 0 Å². The van der Waals surface area contributed by atoms with Gasteiger partial charge in [-0.05, 0) is 39.5 Å². The van der Waals surface area contributed by atoms with E-state index >= 15 is 0 Å². The molecule has 1 rings (SSSR count). The first-order valence-electron chi connectivity index (χ1n) is 7.45. The van der Waals surface area contributed by atoms with Crippen molar-refractivity contribution < 1.29 is 24.2 Å². The van der Waals surface area contributed by atoms with Crippen molar-refractivity contribution in [1.29, 1.82) is 0 Å². The highest BCUT2D eigenvalue weighted by Crippen LogP contribution is 2.34. The van der Waals surface area contributed by atoms with E-state index in [4.69, 9.17) is 4.74 Å². The standard InChI is InChI=1S/C15H25NO5/c1-4-21-13(18)8-7-12(17)16-9-5-6-11(10-16)15(2,3)14(19)20/h11H,4-10H2,1-3H3,(H,19,20). The molecule has 1 saturated heterocycles. The minimum atomic E-state index is -0.847. The van der Waals surface area contributed by atoms with Crippen LogP contribution in [0.3, 0.4) is 0 Å². The molecular formula is C15H25NO5. The normalized spacial score (nSPS) is 19.2. The van der Waals surface area contributed by atoms with Crippen molar-refractivity contribution in [3.8, 4) is 0 Å². The number of piperidine rings is 1. The molecule has 1 N–H and O–H groups in total. The molecule has 0 radical (unpaired) electrons. The Morgan fingerprint density at radius 1 is 1.29 bits per heavy atom. The number of carbonyl (C=O) groups excluding carboxylic acids is 2. The number of amides is 1. The number of carboxylic acid groups (broad SMARTS) is 1. The van der Waals surface area contributed by atoms with Gasteiger partial charge in [0.05, 0.1) is 18.4 Å². The van der Waals surface area contributed by atoms with Crippen LogP contribution in [0.4, 0.5) is 0 Å². The largest absolute Gasteiger partial charge is 0.481 e. The molecule has 1 aliphatic heterocycles. The minimum Gasteiger partial charge on any atom is -0.481 e. The van der Waals surface area contributed by atoms with E-state index in [9.17, 15) is 19.5 Å². The van der Waals surface area contributed by atoms with E-state index in [1.165, 1.54) is 0 Å². The van der Waals surface area contributed by atoms with Crippen LogP contribution >= 0.6 is 0 Å². The molecule has 6 heteroatoms. The average Bonchev–Trinajstić information content (AvgIpc) is 2.45. The number of esters is 1. The van der Waals surface area contributed by atoms with Crippen molar-refractivity contribution in [3.05, 3.63) is 0 Å². The van der Waals surface area contributed by atoms with E-state index in [2.05, 4.69) is 0 Å². The lowest BCUT2D eigenvalue weighted by Crippen LogP contribution is -2.46. The Bertz CT molecular complexity index is 405. The van der Waals surface area contributed by atoms with Crippen LogP contribution in [0.25, 0.3) is 0 Å². The van der Waals surface area contributed by atoms with Gasteiger partial charge in [-0.2, -0.15) is 0 Å². The van der Waals surface area contributed by atoms with Crippen LogP contribution in [0.15, 0.2) is 0 Å². The Morgan fingerprint density at radius 2 is 1.95 bits per heavy atom. The molecule has 0 aromatic rings. The Kier molecular flexibility index (Phi) is 6.18. The lowest BCUT2D eigenvalue weighted by atomic mass is 9.74. The molecule has 0 aromatic carbocycles. The summed E-state index contributed by atoms with van der Waals surface area (Å²) < 4.78 is 4.80. The highest BCUT2D eigenvalue weighted by atomic mass is 16.5. The number of carboxylic acids is 1. The van der Waals surface area contributed by atoms with Gasteiger partial charge in [-0.1, -0.05) is 0 Å². The molecule has 6 nitrogen and oxygen atoms in total. The van der Waals surface area contributed by atoms with Crippen LogP contribution in [-0.2, 0) is 19.1 Å². The van der Waals surface area contributed by atoms with Gasteiger partial charge in [-0.3, -0.25) is 14.4 Å². The first kappa shape index (κ1) is 17.5. The zero-order valence-electron chi connectivity index (χ0n) is 13.1. The molecular weight excluding hydrogens is 274 g/mol. The topological polar surface area (TPSA) is 83.9 Å². The minimum absolute atomic E-state index is 0.0599. The number of nitrogens with zero attached hydrogens (tertiary/aromatic N) is 1. The molecule has 0 aliphatic carbocycles. The summed E-state index contributed by atoms with van der Waals surface area (Å²) in [4.78, 5) is 36.4. The van der Waals surface area contributed by atoms with Crippen molar-refractivity contribution in [2.24, 2.45) is 11.3 Å². The van der Waals surface area contributed by atoms with Gasteiger partial charge in [-0.15, -0.1) is 0 Å². The van der Waals surface area contributed by atoms with E-state index in [0.717, 1.165) is 12.8 Å². The fraction of sp³-hybridized carbons (Fsp3) is 0.800. The Morgan fingerprint density at radius 3 is 2.52 bits per heavy atom. The summed E-state index contributed by atoms with van der Waals surface area (Å²) in [6, 6.07) is 0. The maximum atomic E-state index is 12.1. The van der Waals surface area contributed by atoms with E-state index in [-0.39, 0.29) is 30.6 Å². The van der Waals surface area contributed by atoms with Crippen LogP contribution in [0.1, 0.15) is 46.5 Å². The van der Waals surface area contributed by atoms with Gasteiger partial charge >= 0.3 is 11.9 Å². The first-order valence-corrected chi connectivity index (χ1v) is 7.45. The van der Waals surface area contributed by atoms with Gasteiger partial charge in [0.2, 0.25) is 5.91 Å². The number of carbonyl (C=O) groups is 3. The van der Waals surface area contributed by atoms with Crippen molar-refractivity contribution in [3.63, 3.8) is 0 Å². The van der Waals surface area contributed by atoms with Gasteiger partial charge in [0, 0.05) is 19.5 Å². The van der Waals surface area contributed by atoms with Gasteiger partial charge in [-0.25, -0.2) is 0 Å². The van der Waals surface area contributed by atoms with Gasteiger partial charge in [0.15, 0.2) is 0 Å². The number of likely N-dealkylation sites (tertiary alicyclic amines) is 1. The Hall–Kier alpha value is -1.59. The number of hydrogen-bond acceptors (Lipinski definition) is 4. The number of hydrogen-bond donors (Lipinski definition) is 1. The summed E-state index contributed by atoms with van der Waals surface area (Å²) in [7, 11) is 0. The third-order valence-electron chi connectivity index (χ3n) is 4.19.